The monoisotopic (exact) mass is 291 g/mol. The number of hydrogen-bond acceptors (Lipinski definition) is 2. The first-order valence-electron chi connectivity index (χ1n) is 6.84. The van der Waals surface area contributed by atoms with Crippen LogP contribution in [0.4, 0.5) is 0 Å². The lowest BCUT2D eigenvalue weighted by Gasteiger charge is -2.22. The zero-order valence-corrected chi connectivity index (χ0v) is 13.5. The molecule has 0 unspecified atom stereocenters. The maximum absolute atomic E-state index is 6.41. The summed E-state index contributed by atoms with van der Waals surface area (Å²) in [6, 6.07) is 8.05. The Balaban J connectivity index is 2.44. The van der Waals surface area contributed by atoms with Gasteiger partial charge >= 0.3 is 0 Å². The molecule has 0 amide bonds. The Morgan fingerprint density at radius 3 is 2.50 bits per heavy atom. The summed E-state index contributed by atoms with van der Waals surface area (Å²) < 4.78 is 1.93. The van der Waals surface area contributed by atoms with Gasteiger partial charge < -0.3 is 5.32 Å². The molecule has 0 radical (unpaired) electrons. The zero-order chi connectivity index (χ0) is 14.9. The Hall–Kier alpha value is -1.32. The average Bonchev–Trinajstić information content (AvgIpc) is 2.64. The third-order valence-electron chi connectivity index (χ3n) is 3.10. The van der Waals surface area contributed by atoms with E-state index in [1.807, 2.05) is 30.7 Å². The number of nitrogens with zero attached hydrogens (tertiary/aromatic N) is 2. The molecule has 0 bridgehead atoms. The molecule has 3 nitrogen and oxygen atoms in total. The number of benzene rings is 1. The molecule has 0 aliphatic heterocycles. The lowest BCUT2D eigenvalue weighted by molar-refractivity contribution is 0.424. The SMILES string of the molecule is Cc1cc(C)n(-c2c(Cl)cccc2CNC(C)(C)C)n1. The van der Waals surface area contributed by atoms with Crippen LogP contribution >= 0.6 is 11.6 Å². The van der Waals surface area contributed by atoms with E-state index in [0.717, 1.165) is 34.2 Å². The first-order chi connectivity index (χ1) is 9.28. The van der Waals surface area contributed by atoms with Gasteiger partial charge in [0.1, 0.15) is 0 Å². The first kappa shape index (κ1) is 15.1. The van der Waals surface area contributed by atoms with E-state index in [1.54, 1.807) is 0 Å². The molecule has 0 saturated heterocycles. The molecule has 0 saturated carbocycles. The van der Waals surface area contributed by atoms with Gasteiger partial charge in [-0.2, -0.15) is 5.10 Å². The summed E-state index contributed by atoms with van der Waals surface area (Å²) in [6.45, 7) is 11.3. The number of halogens is 1. The number of para-hydroxylation sites is 1. The molecular weight excluding hydrogens is 270 g/mol. The van der Waals surface area contributed by atoms with E-state index in [1.165, 1.54) is 0 Å². The summed E-state index contributed by atoms with van der Waals surface area (Å²) in [5, 5.41) is 8.78. The second-order valence-corrected chi connectivity index (χ2v) is 6.60. The molecule has 1 aromatic carbocycles. The molecule has 0 spiro atoms. The van der Waals surface area contributed by atoms with Crippen LogP contribution in [-0.2, 0) is 6.54 Å². The second-order valence-electron chi connectivity index (χ2n) is 6.19. The van der Waals surface area contributed by atoms with Crippen molar-refractivity contribution in [1.29, 1.82) is 0 Å². The van der Waals surface area contributed by atoms with Crippen LogP contribution in [-0.4, -0.2) is 15.3 Å². The summed E-state index contributed by atoms with van der Waals surface area (Å²) in [4.78, 5) is 0. The predicted molar refractivity (Wildman–Crippen MR) is 84.6 cm³/mol. The average molecular weight is 292 g/mol. The predicted octanol–water partition coefficient (Wildman–Crippen LogP) is 4.03. The number of rotatable bonds is 3. The number of hydrogen-bond donors (Lipinski definition) is 1. The Morgan fingerprint density at radius 2 is 1.95 bits per heavy atom. The molecule has 108 valence electrons. The van der Waals surface area contributed by atoms with Crippen LogP contribution in [0.25, 0.3) is 5.69 Å². The van der Waals surface area contributed by atoms with E-state index in [0.29, 0.717) is 0 Å². The summed E-state index contributed by atoms with van der Waals surface area (Å²) in [5.41, 5.74) is 4.27. The van der Waals surface area contributed by atoms with Crippen molar-refractivity contribution < 1.29 is 0 Å². The zero-order valence-electron chi connectivity index (χ0n) is 12.8. The van der Waals surface area contributed by atoms with Gasteiger partial charge in [0.2, 0.25) is 0 Å². The third kappa shape index (κ3) is 3.41. The second kappa shape index (κ2) is 5.58. The summed E-state index contributed by atoms with van der Waals surface area (Å²) in [7, 11) is 0. The van der Waals surface area contributed by atoms with Gasteiger partial charge in [0.15, 0.2) is 0 Å². The molecule has 2 aromatic rings. The minimum absolute atomic E-state index is 0.0642. The standard InChI is InChI=1S/C16H22ClN3/c1-11-9-12(2)20(19-11)15-13(7-6-8-14(15)17)10-18-16(3,4)5/h6-9,18H,10H2,1-5H3. The van der Waals surface area contributed by atoms with Crippen LogP contribution in [0.5, 0.6) is 0 Å². The number of nitrogens with one attached hydrogen (secondary N) is 1. The van der Waals surface area contributed by atoms with E-state index >= 15 is 0 Å². The Bertz CT molecular complexity index is 609. The smallest absolute Gasteiger partial charge is 0.0879 e. The minimum Gasteiger partial charge on any atom is -0.308 e. The molecule has 0 aliphatic carbocycles. The van der Waals surface area contributed by atoms with Crippen molar-refractivity contribution in [3.05, 3.63) is 46.2 Å². The quantitative estimate of drug-likeness (QED) is 0.925. The highest BCUT2D eigenvalue weighted by molar-refractivity contribution is 6.32. The topological polar surface area (TPSA) is 29.9 Å². The molecule has 4 heteroatoms. The van der Waals surface area contributed by atoms with Crippen molar-refractivity contribution in [3.8, 4) is 5.69 Å². The fourth-order valence-corrected chi connectivity index (χ4v) is 2.43. The van der Waals surface area contributed by atoms with Gasteiger partial charge in [-0.1, -0.05) is 23.7 Å². The molecule has 20 heavy (non-hydrogen) atoms. The maximum atomic E-state index is 6.41. The van der Waals surface area contributed by atoms with Gasteiger partial charge in [-0.05, 0) is 52.3 Å². The molecule has 0 atom stereocenters. The Kier molecular flexibility index (Phi) is 4.21. The third-order valence-corrected chi connectivity index (χ3v) is 3.41. The van der Waals surface area contributed by atoms with Crippen LogP contribution < -0.4 is 5.32 Å². The lowest BCUT2D eigenvalue weighted by atomic mass is 10.1. The van der Waals surface area contributed by atoms with Gasteiger partial charge in [0.05, 0.1) is 16.4 Å². The van der Waals surface area contributed by atoms with Gasteiger partial charge in [-0.3, -0.25) is 0 Å². The van der Waals surface area contributed by atoms with Crippen LogP contribution in [0.2, 0.25) is 5.02 Å². The Labute approximate surface area is 126 Å². The van der Waals surface area contributed by atoms with E-state index in [4.69, 9.17) is 11.6 Å². The minimum atomic E-state index is 0.0642. The van der Waals surface area contributed by atoms with Gasteiger partial charge in [0, 0.05) is 17.8 Å². The van der Waals surface area contributed by atoms with E-state index in [-0.39, 0.29) is 5.54 Å². The van der Waals surface area contributed by atoms with Gasteiger partial charge in [-0.25, -0.2) is 4.68 Å². The van der Waals surface area contributed by atoms with Gasteiger partial charge in [-0.15, -0.1) is 0 Å². The Morgan fingerprint density at radius 1 is 1.25 bits per heavy atom. The van der Waals surface area contributed by atoms with Crippen LogP contribution in [0.15, 0.2) is 24.3 Å². The largest absolute Gasteiger partial charge is 0.308 e. The van der Waals surface area contributed by atoms with E-state index in [9.17, 15) is 0 Å². The van der Waals surface area contributed by atoms with Crippen molar-refractivity contribution >= 4 is 11.6 Å². The fourth-order valence-electron chi connectivity index (χ4n) is 2.16. The van der Waals surface area contributed by atoms with Crippen LogP contribution in [0.3, 0.4) is 0 Å². The first-order valence-corrected chi connectivity index (χ1v) is 7.22. The van der Waals surface area contributed by atoms with E-state index < -0.39 is 0 Å². The van der Waals surface area contributed by atoms with Crippen molar-refractivity contribution in [3.63, 3.8) is 0 Å². The molecule has 0 aliphatic rings. The molecule has 0 fully saturated rings. The van der Waals surface area contributed by atoms with Crippen molar-refractivity contribution in [2.24, 2.45) is 0 Å². The molecule has 1 heterocycles. The molecular formula is C16H22ClN3. The van der Waals surface area contributed by atoms with Crippen LogP contribution in [0, 0.1) is 13.8 Å². The summed E-state index contributed by atoms with van der Waals surface area (Å²) in [5.74, 6) is 0. The lowest BCUT2D eigenvalue weighted by Crippen LogP contribution is -2.35. The highest BCUT2D eigenvalue weighted by atomic mass is 35.5. The van der Waals surface area contributed by atoms with Crippen molar-refractivity contribution in [1.82, 2.24) is 15.1 Å². The fraction of sp³-hybridized carbons (Fsp3) is 0.438. The van der Waals surface area contributed by atoms with Gasteiger partial charge in [0.25, 0.3) is 0 Å². The van der Waals surface area contributed by atoms with Crippen molar-refractivity contribution in [2.45, 2.75) is 46.7 Å². The summed E-state index contributed by atoms with van der Waals surface area (Å²) >= 11 is 6.41. The van der Waals surface area contributed by atoms with Crippen molar-refractivity contribution in [2.75, 3.05) is 0 Å². The highest BCUT2D eigenvalue weighted by Crippen LogP contribution is 2.26. The highest BCUT2D eigenvalue weighted by Gasteiger charge is 2.15. The normalized spacial score (nSPS) is 11.9. The molecule has 1 N–H and O–H groups in total. The van der Waals surface area contributed by atoms with E-state index in [2.05, 4.69) is 43.3 Å². The maximum Gasteiger partial charge on any atom is 0.0879 e. The molecule has 2 rings (SSSR count). The molecule has 1 aromatic heterocycles. The number of aromatic nitrogens is 2. The summed E-state index contributed by atoms with van der Waals surface area (Å²) in [6.07, 6.45) is 0. The van der Waals surface area contributed by atoms with Crippen LogP contribution in [0.1, 0.15) is 37.7 Å². The number of aryl methyl sites for hydroxylation is 2.